The number of carbonyl (C=O) groups excluding carboxylic acids is 1. The van der Waals surface area contributed by atoms with Crippen LogP contribution >= 0.6 is 0 Å². The van der Waals surface area contributed by atoms with E-state index in [0.29, 0.717) is 23.7 Å². The number of hydrogen-bond donors (Lipinski definition) is 2. The average molecular weight is 385 g/mol. The number of amides is 1. The van der Waals surface area contributed by atoms with Crippen LogP contribution in [0.5, 0.6) is 17.2 Å². The lowest BCUT2D eigenvalue weighted by Crippen LogP contribution is -2.31. The molecule has 1 unspecified atom stereocenters. The number of methoxy groups -OCH3 is 2. The van der Waals surface area contributed by atoms with Crippen LogP contribution in [0.2, 0.25) is 0 Å². The molecule has 7 heteroatoms. The maximum Gasteiger partial charge on any atom is 0.305 e. The summed E-state index contributed by atoms with van der Waals surface area (Å²) in [5.41, 5.74) is 2.53. The van der Waals surface area contributed by atoms with Gasteiger partial charge >= 0.3 is 5.97 Å². The highest BCUT2D eigenvalue weighted by Crippen LogP contribution is 2.31. The molecule has 1 heterocycles. The van der Waals surface area contributed by atoms with Gasteiger partial charge in [-0.25, -0.2) is 0 Å². The molecule has 2 N–H and O–H groups in total. The summed E-state index contributed by atoms with van der Waals surface area (Å²) in [6.07, 6.45) is 0.726. The molecule has 2 aromatic rings. The molecule has 0 bridgehead atoms. The highest BCUT2D eigenvalue weighted by atomic mass is 16.5. The van der Waals surface area contributed by atoms with Gasteiger partial charge in [-0.2, -0.15) is 0 Å². The van der Waals surface area contributed by atoms with Crippen molar-refractivity contribution in [3.05, 3.63) is 53.1 Å². The summed E-state index contributed by atoms with van der Waals surface area (Å²) in [5.74, 6) is 0.624. The van der Waals surface area contributed by atoms with E-state index in [4.69, 9.17) is 14.2 Å². The first kappa shape index (κ1) is 19.5. The Morgan fingerprint density at radius 1 is 1.18 bits per heavy atom. The zero-order valence-electron chi connectivity index (χ0n) is 15.9. The summed E-state index contributed by atoms with van der Waals surface area (Å²) in [4.78, 5) is 23.9. The lowest BCUT2D eigenvalue weighted by Gasteiger charge is -2.20. The lowest BCUT2D eigenvalue weighted by molar-refractivity contribution is -0.137. The smallest absolute Gasteiger partial charge is 0.305 e. The Morgan fingerprint density at radius 3 is 2.71 bits per heavy atom. The summed E-state index contributed by atoms with van der Waals surface area (Å²) in [7, 11) is 3.02. The van der Waals surface area contributed by atoms with Crippen molar-refractivity contribution >= 4 is 11.9 Å². The van der Waals surface area contributed by atoms with E-state index in [9.17, 15) is 14.7 Å². The molecule has 0 aromatic heterocycles. The van der Waals surface area contributed by atoms with E-state index < -0.39 is 12.0 Å². The molecular formula is C21H23NO6. The van der Waals surface area contributed by atoms with E-state index in [2.05, 4.69) is 5.32 Å². The van der Waals surface area contributed by atoms with Crippen molar-refractivity contribution < 1.29 is 28.9 Å². The van der Waals surface area contributed by atoms with Crippen molar-refractivity contribution in [3.8, 4) is 17.2 Å². The Balaban J connectivity index is 1.77. The van der Waals surface area contributed by atoms with Gasteiger partial charge in [-0.05, 0) is 29.3 Å². The van der Waals surface area contributed by atoms with Crippen LogP contribution in [0, 0.1) is 0 Å². The van der Waals surface area contributed by atoms with E-state index in [1.165, 1.54) is 14.2 Å². The minimum absolute atomic E-state index is 0.155. The number of rotatable bonds is 8. The third kappa shape index (κ3) is 4.54. The van der Waals surface area contributed by atoms with E-state index in [1.54, 1.807) is 18.2 Å². The van der Waals surface area contributed by atoms with Gasteiger partial charge in [0.15, 0.2) is 0 Å². The van der Waals surface area contributed by atoms with Gasteiger partial charge in [-0.15, -0.1) is 0 Å². The number of aliphatic carboxylic acids is 1. The van der Waals surface area contributed by atoms with Crippen LogP contribution in [-0.4, -0.2) is 37.8 Å². The van der Waals surface area contributed by atoms with Crippen LogP contribution in [-0.2, 0) is 22.4 Å². The molecule has 2 aromatic carbocycles. The highest BCUT2D eigenvalue weighted by Gasteiger charge is 2.22. The molecule has 28 heavy (non-hydrogen) atoms. The molecule has 0 aliphatic carbocycles. The van der Waals surface area contributed by atoms with Crippen molar-refractivity contribution in [2.45, 2.75) is 25.3 Å². The third-order valence-corrected chi connectivity index (χ3v) is 4.65. The summed E-state index contributed by atoms with van der Waals surface area (Å²) in [6.45, 7) is 0.656. The highest BCUT2D eigenvalue weighted by molar-refractivity contribution is 5.80. The second-order valence-electron chi connectivity index (χ2n) is 6.54. The zero-order chi connectivity index (χ0) is 20.1. The average Bonchev–Trinajstić information content (AvgIpc) is 3.14. The molecule has 3 rings (SSSR count). The number of benzene rings is 2. The first-order valence-electron chi connectivity index (χ1n) is 8.98. The van der Waals surface area contributed by atoms with Crippen LogP contribution in [0.15, 0.2) is 36.4 Å². The maximum atomic E-state index is 12.6. The van der Waals surface area contributed by atoms with Crippen LogP contribution in [0.3, 0.4) is 0 Å². The van der Waals surface area contributed by atoms with Gasteiger partial charge in [-0.3, -0.25) is 9.59 Å². The summed E-state index contributed by atoms with van der Waals surface area (Å²) in [6, 6.07) is 10.0. The molecular weight excluding hydrogens is 362 g/mol. The van der Waals surface area contributed by atoms with Gasteiger partial charge in [0.1, 0.15) is 17.2 Å². The molecule has 7 nitrogen and oxygen atoms in total. The van der Waals surface area contributed by atoms with E-state index >= 15 is 0 Å². The van der Waals surface area contributed by atoms with Gasteiger partial charge in [0, 0.05) is 18.1 Å². The molecule has 0 radical (unpaired) electrons. The molecule has 148 valence electrons. The largest absolute Gasteiger partial charge is 0.497 e. The fourth-order valence-corrected chi connectivity index (χ4v) is 3.30. The van der Waals surface area contributed by atoms with Crippen LogP contribution in [0.1, 0.15) is 29.2 Å². The normalized spacial score (nSPS) is 13.2. The van der Waals surface area contributed by atoms with E-state index in [-0.39, 0.29) is 18.7 Å². The molecule has 0 spiro atoms. The standard InChI is InChI=1S/C21H23NO6/c1-26-15-4-5-16(19(11-15)27-2)17(12-21(24)25)22-20(23)10-13-3-6-18-14(9-13)7-8-28-18/h3-6,9,11,17H,7-8,10,12H2,1-2H3,(H,22,23)(H,24,25). The quantitative estimate of drug-likeness (QED) is 0.725. The number of fused-ring (bicyclic) bond motifs is 1. The van der Waals surface area contributed by atoms with Crippen molar-refractivity contribution in [1.82, 2.24) is 5.32 Å². The number of carbonyl (C=O) groups is 2. The van der Waals surface area contributed by atoms with Gasteiger partial charge in [0.2, 0.25) is 5.91 Å². The topological polar surface area (TPSA) is 94.1 Å². The van der Waals surface area contributed by atoms with Gasteiger partial charge in [-0.1, -0.05) is 12.1 Å². The Kier molecular flexibility index (Phi) is 6.03. The number of ether oxygens (including phenoxy) is 3. The molecule has 0 saturated heterocycles. The van der Waals surface area contributed by atoms with Crippen molar-refractivity contribution in [2.75, 3.05) is 20.8 Å². The first-order chi connectivity index (χ1) is 13.5. The summed E-state index contributed by atoms with van der Waals surface area (Å²) < 4.78 is 16.0. The van der Waals surface area contributed by atoms with Crippen molar-refractivity contribution in [3.63, 3.8) is 0 Å². The number of carboxylic acid groups (broad SMARTS) is 1. The molecule has 1 amide bonds. The predicted octanol–water partition coefficient (Wildman–Crippen LogP) is 2.51. The zero-order valence-corrected chi connectivity index (χ0v) is 15.9. The lowest BCUT2D eigenvalue weighted by atomic mass is 10.0. The van der Waals surface area contributed by atoms with Crippen LogP contribution < -0.4 is 19.5 Å². The molecule has 1 atom stereocenters. The molecule has 0 fully saturated rings. The molecule has 1 aliphatic heterocycles. The summed E-state index contributed by atoms with van der Waals surface area (Å²) in [5, 5.41) is 12.1. The number of nitrogens with one attached hydrogen (secondary N) is 1. The van der Waals surface area contributed by atoms with E-state index in [0.717, 1.165) is 23.3 Å². The molecule has 1 aliphatic rings. The number of hydrogen-bond acceptors (Lipinski definition) is 5. The van der Waals surface area contributed by atoms with Crippen LogP contribution in [0.4, 0.5) is 0 Å². The molecule has 0 saturated carbocycles. The van der Waals surface area contributed by atoms with E-state index in [1.807, 2.05) is 18.2 Å². The monoisotopic (exact) mass is 385 g/mol. The number of carboxylic acids is 1. The Hall–Kier alpha value is -3.22. The Labute approximate surface area is 163 Å². The van der Waals surface area contributed by atoms with Crippen molar-refractivity contribution in [1.29, 1.82) is 0 Å². The second kappa shape index (κ2) is 8.65. The minimum atomic E-state index is -1.02. The van der Waals surface area contributed by atoms with Gasteiger partial charge in [0.25, 0.3) is 0 Å². The van der Waals surface area contributed by atoms with Gasteiger partial charge in [0.05, 0.1) is 39.7 Å². The summed E-state index contributed by atoms with van der Waals surface area (Å²) >= 11 is 0. The van der Waals surface area contributed by atoms with Crippen LogP contribution in [0.25, 0.3) is 0 Å². The maximum absolute atomic E-state index is 12.6. The first-order valence-corrected chi connectivity index (χ1v) is 8.98. The predicted molar refractivity (Wildman–Crippen MR) is 102 cm³/mol. The fourth-order valence-electron chi connectivity index (χ4n) is 3.30. The SMILES string of the molecule is COc1ccc(C(CC(=O)O)NC(=O)Cc2ccc3c(c2)CCO3)c(OC)c1. The Bertz CT molecular complexity index is 879. The second-order valence-corrected chi connectivity index (χ2v) is 6.54. The third-order valence-electron chi connectivity index (χ3n) is 4.65. The van der Waals surface area contributed by atoms with Crippen molar-refractivity contribution in [2.24, 2.45) is 0 Å². The minimum Gasteiger partial charge on any atom is -0.497 e. The van der Waals surface area contributed by atoms with Gasteiger partial charge < -0.3 is 24.6 Å². The Morgan fingerprint density at radius 2 is 2.00 bits per heavy atom. The fraction of sp³-hybridized carbons (Fsp3) is 0.333.